The largest absolute Gasteiger partial charge is 0.343 e. The van der Waals surface area contributed by atoms with E-state index in [1.165, 1.54) is 4.68 Å². The van der Waals surface area contributed by atoms with Crippen molar-refractivity contribution < 1.29 is 4.79 Å². The number of nitrogens with one attached hydrogen (secondary N) is 1. The summed E-state index contributed by atoms with van der Waals surface area (Å²) in [6.45, 7) is 2.86. The quantitative estimate of drug-likeness (QED) is 0.857. The van der Waals surface area contributed by atoms with E-state index < -0.39 is 0 Å². The van der Waals surface area contributed by atoms with Gasteiger partial charge in [-0.25, -0.2) is 4.68 Å². The zero-order valence-electron chi connectivity index (χ0n) is 14.4. The highest BCUT2D eigenvalue weighted by Crippen LogP contribution is 2.17. The molecule has 0 unspecified atom stereocenters. The van der Waals surface area contributed by atoms with Crippen molar-refractivity contribution in [1.29, 1.82) is 0 Å². The number of likely N-dealkylation sites (tertiary alicyclic amines) is 1. The summed E-state index contributed by atoms with van der Waals surface area (Å²) in [5.41, 5.74) is 0.387. The molecule has 2 heterocycles. The number of fused-ring (bicyclic) bond motifs is 1. The molecule has 1 aromatic heterocycles. The number of halogens is 1. The highest BCUT2D eigenvalue weighted by Gasteiger charge is 2.22. The molecule has 1 N–H and O–H groups in total. The van der Waals surface area contributed by atoms with Crippen molar-refractivity contribution in [3.05, 3.63) is 34.6 Å². The summed E-state index contributed by atoms with van der Waals surface area (Å²) in [7, 11) is 1.96. The minimum atomic E-state index is -0.193. The average molecular weight is 366 g/mol. The van der Waals surface area contributed by atoms with Crippen LogP contribution in [-0.2, 0) is 11.3 Å². The maximum Gasteiger partial charge on any atom is 0.277 e. The molecule has 0 aliphatic carbocycles. The van der Waals surface area contributed by atoms with Gasteiger partial charge >= 0.3 is 0 Å². The van der Waals surface area contributed by atoms with E-state index in [2.05, 4.69) is 15.6 Å². The molecule has 0 saturated carbocycles. The van der Waals surface area contributed by atoms with Gasteiger partial charge in [-0.3, -0.25) is 9.59 Å². The SMILES string of the molecule is CNCC1CCN(C(=O)CCn2nnc3ccccc3c2=O)CC1.Cl. The van der Waals surface area contributed by atoms with Gasteiger partial charge in [-0.2, -0.15) is 0 Å². The first-order valence-electron chi connectivity index (χ1n) is 8.44. The Bertz CT molecular complexity index is 771. The van der Waals surface area contributed by atoms with Crippen molar-refractivity contribution in [2.45, 2.75) is 25.8 Å². The van der Waals surface area contributed by atoms with Crippen LogP contribution < -0.4 is 10.9 Å². The Balaban J connectivity index is 0.00000225. The van der Waals surface area contributed by atoms with Crippen LogP contribution in [0.25, 0.3) is 10.9 Å². The van der Waals surface area contributed by atoms with Crippen LogP contribution in [0, 0.1) is 5.92 Å². The van der Waals surface area contributed by atoms with Gasteiger partial charge < -0.3 is 10.2 Å². The number of piperidine rings is 1. The van der Waals surface area contributed by atoms with Crippen LogP contribution in [-0.4, -0.2) is 52.5 Å². The second-order valence-electron chi connectivity index (χ2n) is 6.27. The number of amides is 1. The van der Waals surface area contributed by atoms with Gasteiger partial charge in [0.2, 0.25) is 5.91 Å². The van der Waals surface area contributed by atoms with E-state index in [9.17, 15) is 9.59 Å². The lowest BCUT2D eigenvalue weighted by atomic mass is 9.96. The molecule has 1 fully saturated rings. The third-order valence-electron chi connectivity index (χ3n) is 4.63. The van der Waals surface area contributed by atoms with Gasteiger partial charge in [-0.1, -0.05) is 17.3 Å². The Morgan fingerprint density at radius 1 is 1.28 bits per heavy atom. The molecule has 1 amide bonds. The Morgan fingerprint density at radius 3 is 2.72 bits per heavy atom. The molecule has 0 bridgehead atoms. The molecule has 0 radical (unpaired) electrons. The molecule has 1 aliphatic heterocycles. The van der Waals surface area contributed by atoms with E-state index in [1.807, 2.05) is 18.0 Å². The fourth-order valence-electron chi connectivity index (χ4n) is 3.20. The highest BCUT2D eigenvalue weighted by molar-refractivity contribution is 5.85. The monoisotopic (exact) mass is 365 g/mol. The summed E-state index contributed by atoms with van der Waals surface area (Å²) in [5.74, 6) is 0.729. The van der Waals surface area contributed by atoms with Crippen molar-refractivity contribution in [1.82, 2.24) is 25.2 Å². The lowest BCUT2D eigenvalue weighted by Gasteiger charge is -2.32. The lowest BCUT2D eigenvalue weighted by molar-refractivity contribution is -0.132. The molecular formula is C17H24ClN5O2. The molecule has 136 valence electrons. The van der Waals surface area contributed by atoms with Crippen LogP contribution >= 0.6 is 12.4 Å². The van der Waals surface area contributed by atoms with Crippen LogP contribution in [0.4, 0.5) is 0 Å². The normalized spacial score (nSPS) is 15.2. The van der Waals surface area contributed by atoms with Gasteiger partial charge in [0, 0.05) is 19.5 Å². The molecule has 8 heteroatoms. The summed E-state index contributed by atoms with van der Waals surface area (Å²) in [6, 6.07) is 7.12. The second kappa shape index (κ2) is 8.92. The van der Waals surface area contributed by atoms with Crippen molar-refractivity contribution in [2.24, 2.45) is 5.92 Å². The maximum atomic E-state index is 12.4. The summed E-state index contributed by atoms with van der Waals surface area (Å²) >= 11 is 0. The predicted molar refractivity (Wildman–Crippen MR) is 98.9 cm³/mol. The number of carbonyl (C=O) groups is 1. The first-order valence-corrected chi connectivity index (χ1v) is 8.44. The van der Waals surface area contributed by atoms with Gasteiger partial charge in [-0.15, -0.1) is 17.5 Å². The molecule has 1 saturated heterocycles. The molecule has 0 atom stereocenters. The number of aryl methyl sites for hydroxylation is 1. The predicted octanol–water partition coefficient (Wildman–Crippen LogP) is 1.06. The first-order chi connectivity index (χ1) is 11.7. The topological polar surface area (TPSA) is 80.1 Å². The number of rotatable bonds is 5. The Labute approximate surface area is 152 Å². The van der Waals surface area contributed by atoms with Crippen LogP contribution in [0.1, 0.15) is 19.3 Å². The second-order valence-corrected chi connectivity index (χ2v) is 6.27. The number of carbonyl (C=O) groups excluding carboxylic acids is 1. The van der Waals surface area contributed by atoms with E-state index in [0.717, 1.165) is 32.5 Å². The van der Waals surface area contributed by atoms with E-state index in [0.29, 0.717) is 16.8 Å². The third-order valence-corrected chi connectivity index (χ3v) is 4.63. The molecule has 0 spiro atoms. The van der Waals surface area contributed by atoms with Gasteiger partial charge in [0.05, 0.1) is 11.9 Å². The fraction of sp³-hybridized carbons (Fsp3) is 0.529. The smallest absolute Gasteiger partial charge is 0.277 e. The molecule has 1 aromatic carbocycles. The highest BCUT2D eigenvalue weighted by atomic mass is 35.5. The van der Waals surface area contributed by atoms with Gasteiger partial charge in [0.1, 0.15) is 5.52 Å². The zero-order valence-corrected chi connectivity index (χ0v) is 15.2. The molecule has 7 nitrogen and oxygen atoms in total. The van der Waals surface area contributed by atoms with Gasteiger partial charge in [-0.05, 0) is 44.5 Å². The van der Waals surface area contributed by atoms with E-state index >= 15 is 0 Å². The Hall–Kier alpha value is -1.99. The number of benzene rings is 1. The molecule has 25 heavy (non-hydrogen) atoms. The summed E-state index contributed by atoms with van der Waals surface area (Å²) in [5, 5.41) is 11.7. The van der Waals surface area contributed by atoms with Crippen LogP contribution in [0.3, 0.4) is 0 Å². The van der Waals surface area contributed by atoms with E-state index in [4.69, 9.17) is 0 Å². The Morgan fingerprint density at radius 2 is 2.00 bits per heavy atom. The fourth-order valence-corrected chi connectivity index (χ4v) is 3.20. The van der Waals surface area contributed by atoms with Crippen LogP contribution in [0.15, 0.2) is 29.1 Å². The van der Waals surface area contributed by atoms with Crippen molar-refractivity contribution in [3.8, 4) is 0 Å². The van der Waals surface area contributed by atoms with Crippen LogP contribution in [0.2, 0.25) is 0 Å². The third kappa shape index (κ3) is 4.55. The van der Waals surface area contributed by atoms with Crippen LogP contribution in [0.5, 0.6) is 0 Å². The number of nitrogens with zero attached hydrogens (tertiary/aromatic N) is 4. The number of aromatic nitrogens is 3. The average Bonchev–Trinajstić information content (AvgIpc) is 2.62. The summed E-state index contributed by atoms with van der Waals surface area (Å²) in [6.07, 6.45) is 2.34. The van der Waals surface area contributed by atoms with Gasteiger partial charge in [0.25, 0.3) is 5.56 Å². The van der Waals surface area contributed by atoms with Crippen molar-refractivity contribution >= 4 is 29.2 Å². The molecule has 1 aliphatic rings. The number of hydrogen-bond donors (Lipinski definition) is 1. The standard InChI is InChI=1S/C17H23N5O2.ClH/c1-18-12-13-6-9-21(10-7-13)16(23)8-11-22-17(24)14-4-2-3-5-15(14)19-20-22;/h2-5,13,18H,6-12H2,1H3;1H. The van der Waals surface area contributed by atoms with Crippen molar-refractivity contribution in [3.63, 3.8) is 0 Å². The molecule has 2 aromatic rings. The summed E-state index contributed by atoms with van der Waals surface area (Å²) in [4.78, 5) is 26.6. The Kier molecular flexibility index (Phi) is 6.90. The summed E-state index contributed by atoms with van der Waals surface area (Å²) < 4.78 is 1.29. The minimum absolute atomic E-state index is 0. The van der Waals surface area contributed by atoms with E-state index in [-0.39, 0.29) is 36.8 Å². The molecular weight excluding hydrogens is 342 g/mol. The minimum Gasteiger partial charge on any atom is -0.343 e. The lowest BCUT2D eigenvalue weighted by Crippen LogP contribution is -2.41. The maximum absolute atomic E-state index is 12.4. The zero-order chi connectivity index (χ0) is 16.9. The number of hydrogen-bond acceptors (Lipinski definition) is 5. The van der Waals surface area contributed by atoms with E-state index in [1.54, 1.807) is 18.2 Å². The van der Waals surface area contributed by atoms with Crippen molar-refractivity contribution in [2.75, 3.05) is 26.7 Å². The van der Waals surface area contributed by atoms with Gasteiger partial charge in [0.15, 0.2) is 0 Å². The molecule has 3 rings (SSSR count). The first kappa shape index (κ1) is 19.3.